The molecule has 2 aromatic carbocycles. The second-order valence-corrected chi connectivity index (χ2v) is 10.3. The van der Waals surface area contributed by atoms with Gasteiger partial charge in [-0.05, 0) is 35.4 Å². The zero-order valence-electron chi connectivity index (χ0n) is 17.3. The summed E-state index contributed by atoms with van der Waals surface area (Å²) < 4.78 is 53.9. The number of aromatic nitrogens is 2. The van der Waals surface area contributed by atoms with E-state index in [0.29, 0.717) is 27.9 Å². The molecule has 2 aromatic heterocycles. The van der Waals surface area contributed by atoms with Crippen LogP contribution in [0.5, 0.6) is 0 Å². The van der Waals surface area contributed by atoms with E-state index in [4.69, 9.17) is 0 Å². The Morgan fingerprint density at radius 2 is 1.81 bits per heavy atom. The molecule has 0 unspecified atom stereocenters. The van der Waals surface area contributed by atoms with Gasteiger partial charge in [-0.25, -0.2) is 17.2 Å². The Kier molecular flexibility index (Phi) is 4.49. The molecule has 1 aliphatic rings. The van der Waals surface area contributed by atoms with Gasteiger partial charge >= 0.3 is 0 Å². The van der Waals surface area contributed by atoms with Crippen LogP contribution in [0.3, 0.4) is 0 Å². The van der Waals surface area contributed by atoms with Crippen LogP contribution >= 0.6 is 0 Å². The van der Waals surface area contributed by atoms with Crippen LogP contribution in [0.2, 0.25) is 0 Å². The molecule has 0 bridgehead atoms. The average Bonchev–Trinajstić information content (AvgIpc) is 2.96. The lowest BCUT2D eigenvalue weighted by Gasteiger charge is -2.26. The van der Waals surface area contributed by atoms with E-state index in [1.54, 1.807) is 40.9 Å². The van der Waals surface area contributed by atoms with E-state index < -0.39 is 21.5 Å². The van der Waals surface area contributed by atoms with Crippen molar-refractivity contribution in [2.24, 2.45) is 7.05 Å². The summed E-state index contributed by atoms with van der Waals surface area (Å²) >= 11 is 0. The molecule has 0 atom stereocenters. The van der Waals surface area contributed by atoms with Crippen LogP contribution in [-0.4, -0.2) is 24.2 Å². The number of benzene rings is 2. The highest BCUT2D eigenvalue weighted by atomic mass is 32.2. The number of H-pyrrole nitrogens is 1. The number of rotatable bonds is 3. The lowest BCUT2D eigenvalue weighted by molar-refractivity contribution is 0.582. The van der Waals surface area contributed by atoms with Crippen molar-refractivity contribution < 1.29 is 17.2 Å². The lowest BCUT2D eigenvalue weighted by Crippen LogP contribution is -2.18. The van der Waals surface area contributed by atoms with Crippen LogP contribution in [0, 0.1) is 11.6 Å². The molecule has 0 amide bonds. The van der Waals surface area contributed by atoms with Crippen LogP contribution in [0.1, 0.15) is 11.1 Å². The first-order valence-corrected chi connectivity index (χ1v) is 11.9. The maximum Gasteiger partial charge on any atom is 0.272 e. The maximum absolute atomic E-state index is 14.8. The lowest BCUT2D eigenvalue weighted by atomic mass is 9.99. The van der Waals surface area contributed by atoms with E-state index >= 15 is 0 Å². The van der Waals surface area contributed by atoms with Crippen molar-refractivity contribution in [2.75, 3.05) is 11.2 Å². The number of nitrogens with zero attached hydrogens (tertiary/aromatic N) is 2. The average molecular weight is 455 g/mol. The van der Waals surface area contributed by atoms with Gasteiger partial charge < -0.3 is 14.5 Å². The van der Waals surface area contributed by atoms with Crippen LogP contribution < -0.4 is 10.5 Å². The predicted molar refractivity (Wildman–Crippen MR) is 120 cm³/mol. The highest BCUT2D eigenvalue weighted by molar-refractivity contribution is 7.89. The van der Waals surface area contributed by atoms with Gasteiger partial charge in [-0.3, -0.25) is 4.79 Å². The Hall–Kier alpha value is -3.46. The van der Waals surface area contributed by atoms with Gasteiger partial charge in [0.25, 0.3) is 5.56 Å². The minimum absolute atomic E-state index is 0.153. The fraction of sp³-hybridized carbons (Fsp3) is 0.174. The summed E-state index contributed by atoms with van der Waals surface area (Å²) in [4.78, 5) is 17.0. The van der Waals surface area contributed by atoms with E-state index in [1.807, 2.05) is 6.20 Å². The van der Waals surface area contributed by atoms with Crippen molar-refractivity contribution in [3.8, 4) is 11.1 Å². The normalized spacial score (nSPS) is 13.3. The summed E-state index contributed by atoms with van der Waals surface area (Å²) in [6.45, 7) is 0.245. The van der Waals surface area contributed by atoms with E-state index in [0.717, 1.165) is 23.3 Å². The maximum atomic E-state index is 14.8. The third kappa shape index (κ3) is 3.29. The number of hydrogen-bond donors (Lipinski definition) is 1. The summed E-state index contributed by atoms with van der Waals surface area (Å²) in [5, 5.41) is 0.721. The second kappa shape index (κ2) is 7.03. The molecule has 1 aliphatic heterocycles. The third-order valence-electron chi connectivity index (χ3n) is 5.69. The second-order valence-electron chi connectivity index (χ2n) is 8.12. The Labute approximate surface area is 182 Å². The summed E-state index contributed by atoms with van der Waals surface area (Å²) in [5.41, 5.74) is 3.76. The predicted octanol–water partition coefficient (Wildman–Crippen LogP) is 4.01. The van der Waals surface area contributed by atoms with Crippen LogP contribution in [0.4, 0.5) is 20.2 Å². The van der Waals surface area contributed by atoms with E-state index in [-0.39, 0.29) is 23.5 Å². The Bertz CT molecular complexity index is 1570. The largest absolute Gasteiger partial charge is 0.346 e. The first kappa shape index (κ1) is 20.4. The zero-order valence-corrected chi connectivity index (χ0v) is 18.1. The SMILES string of the molecule is Cn1cc2c3c(c[nH]c(=O)c31)-c1cc(CS(C)(=O)=O)ccc1N(c1ccc(F)cc1F)C2. The van der Waals surface area contributed by atoms with Crippen molar-refractivity contribution >= 4 is 32.1 Å². The molecule has 32 heavy (non-hydrogen) atoms. The molecule has 9 heteroatoms. The molecule has 0 spiro atoms. The Morgan fingerprint density at radius 3 is 2.53 bits per heavy atom. The highest BCUT2D eigenvalue weighted by Crippen LogP contribution is 2.44. The van der Waals surface area contributed by atoms with Gasteiger partial charge in [-0.1, -0.05) is 6.07 Å². The number of hydrogen-bond acceptors (Lipinski definition) is 4. The summed E-state index contributed by atoms with van der Waals surface area (Å²) in [7, 11) is -1.52. The van der Waals surface area contributed by atoms with Crippen molar-refractivity contribution in [3.63, 3.8) is 0 Å². The molecule has 164 valence electrons. The first-order chi connectivity index (χ1) is 15.1. The van der Waals surface area contributed by atoms with E-state index in [9.17, 15) is 22.0 Å². The molecule has 0 saturated heterocycles. The van der Waals surface area contributed by atoms with E-state index in [2.05, 4.69) is 4.98 Å². The van der Waals surface area contributed by atoms with Gasteiger partial charge in [-0.2, -0.15) is 0 Å². The first-order valence-electron chi connectivity index (χ1n) is 9.85. The molecule has 4 aromatic rings. The minimum atomic E-state index is -3.28. The smallest absolute Gasteiger partial charge is 0.272 e. The number of nitrogens with one attached hydrogen (secondary N) is 1. The number of anilines is 2. The molecular weight excluding hydrogens is 436 g/mol. The molecule has 0 saturated carbocycles. The number of aryl methyl sites for hydroxylation is 1. The standard InChI is InChI=1S/C23H19F2N3O3S/c1-27-10-14-11-28(20-6-4-15(24)8-18(20)25)19-5-3-13(12-32(2,30)31)7-16(19)17-9-26-23(29)22(27)21(14)17/h3-10H,11-12H2,1-2H3,(H,26,29). The summed E-state index contributed by atoms with van der Waals surface area (Å²) in [6.07, 6.45) is 4.58. The number of pyridine rings is 1. The quantitative estimate of drug-likeness (QED) is 0.507. The van der Waals surface area contributed by atoms with Gasteiger partial charge in [0.1, 0.15) is 17.2 Å². The molecule has 5 rings (SSSR count). The van der Waals surface area contributed by atoms with Crippen molar-refractivity contribution in [1.82, 2.24) is 9.55 Å². The number of aromatic amines is 1. The number of fused-ring (bicyclic) bond motifs is 2. The molecule has 3 heterocycles. The molecule has 1 N–H and O–H groups in total. The van der Waals surface area contributed by atoms with Crippen molar-refractivity contribution in [1.29, 1.82) is 0 Å². The molecule has 6 nitrogen and oxygen atoms in total. The Morgan fingerprint density at radius 1 is 1.06 bits per heavy atom. The Balaban J connectivity index is 1.84. The number of halogens is 2. The fourth-order valence-corrected chi connectivity index (χ4v) is 5.26. The molecule has 0 radical (unpaired) electrons. The summed E-state index contributed by atoms with van der Waals surface area (Å²) in [6, 6.07) is 8.57. The fourth-order valence-electron chi connectivity index (χ4n) is 4.47. The monoisotopic (exact) mass is 455 g/mol. The van der Waals surface area contributed by atoms with Gasteiger partial charge in [-0.15, -0.1) is 0 Å². The van der Waals surface area contributed by atoms with Gasteiger partial charge in [0.05, 0.1) is 18.0 Å². The van der Waals surface area contributed by atoms with Crippen molar-refractivity contribution in [3.05, 3.63) is 81.9 Å². The van der Waals surface area contributed by atoms with Gasteiger partial charge in [0.15, 0.2) is 9.84 Å². The van der Waals surface area contributed by atoms with Gasteiger partial charge in [0.2, 0.25) is 0 Å². The topological polar surface area (TPSA) is 75.2 Å². The highest BCUT2D eigenvalue weighted by Gasteiger charge is 2.27. The zero-order chi connectivity index (χ0) is 22.8. The van der Waals surface area contributed by atoms with Crippen LogP contribution in [-0.2, 0) is 29.2 Å². The molecule has 0 aliphatic carbocycles. The summed E-state index contributed by atoms with van der Waals surface area (Å²) in [5.74, 6) is -1.55. The molecule has 0 fully saturated rings. The van der Waals surface area contributed by atoms with Crippen molar-refractivity contribution in [2.45, 2.75) is 12.3 Å². The number of sulfone groups is 1. The van der Waals surface area contributed by atoms with Crippen LogP contribution in [0.25, 0.3) is 22.0 Å². The van der Waals surface area contributed by atoms with Gasteiger partial charge in [0, 0.05) is 54.0 Å². The molecular formula is C23H19F2N3O3S. The third-order valence-corrected chi connectivity index (χ3v) is 6.55. The van der Waals surface area contributed by atoms with Crippen LogP contribution in [0.15, 0.2) is 53.6 Å². The van der Waals surface area contributed by atoms with E-state index in [1.165, 1.54) is 12.1 Å². The minimum Gasteiger partial charge on any atom is -0.346 e.